The van der Waals surface area contributed by atoms with Crippen LogP contribution in [0.25, 0.3) is 5.69 Å². The van der Waals surface area contributed by atoms with E-state index in [2.05, 4.69) is 35.7 Å². The van der Waals surface area contributed by atoms with Gasteiger partial charge in [0.2, 0.25) is 0 Å². The lowest BCUT2D eigenvalue weighted by Crippen LogP contribution is -2.30. The number of likely N-dealkylation sites (tertiary alicyclic amines) is 1. The summed E-state index contributed by atoms with van der Waals surface area (Å²) >= 11 is 0. The van der Waals surface area contributed by atoms with Gasteiger partial charge in [-0.1, -0.05) is 23.4 Å². The minimum atomic E-state index is -0.0276. The Labute approximate surface area is 159 Å². The number of aromatic nitrogens is 2. The summed E-state index contributed by atoms with van der Waals surface area (Å²) in [5.74, 6) is 0.852. The quantitative estimate of drug-likeness (QED) is 0.679. The molecule has 1 unspecified atom stereocenters. The molecule has 5 heteroatoms. The molecule has 0 radical (unpaired) electrons. The summed E-state index contributed by atoms with van der Waals surface area (Å²) in [6, 6.07) is 12.2. The van der Waals surface area contributed by atoms with Gasteiger partial charge in [-0.3, -0.25) is 4.79 Å². The number of para-hydroxylation sites is 1. The number of benzene rings is 1. The molecule has 1 amide bonds. The van der Waals surface area contributed by atoms with E-state index >= 15 is 0 Å². The molecule has 1 atom stereocenters. The van der Waals surface area contributed by atoms with Crippen molar-refractivity contribution in [3.63, 3.8) is 0 Å². The Balaban J connectivity index is 1.71. The highest BCUT2D eigenvalue weighted by Crippen LogP contribution is 2.34. The highest BCUT2D eigenvalue weighted by molar-refractivity contribution is 5.96. The average Bonchev–Trinajstić information content (AvgIpc) is 3.35. The summed E-state index contributed by atoms with van der Waals surface area (Å²) < 4.78 is 7.63. The maximum atomic E-state index is 13.4. The predicted octanol–water partition coefficient (Wildman–Crippen LogP) is 4.68. The van der Waals surface area contributed by atoms with Crippen LogP contribution in [0, 0.1) is 27.7 Å². The van der Waals surface area contributed by atoms with Crippen molar-refractivity contribution in [1.29, 1.82) is 0 Å². The van der Waals surface area contributed by atoms with Crippen molar-refractivity contribution < 1.29 is 9.32 Å². The lowest BCUT2D eigenvalue weighted by molar-refractivity contribution is 0.0714. The predicted molar refractivity (Wildman–Crippen MR) is 104 cm³/mol. The number of nitrogens with zero attached hydrogens (tertiary/aromatic N) is 3. The van der Waals surface area contributed by atoms with E-state index in [0.29, 0.717) is 0 Å². The van der Waals surface area contributed by atoms with Crippen LogP contribution in [0.15, 0.2) is 40.9 Å². The summed E-state index contributed by atoms with van der Waals surface area (Å²) in [6.45, 7) is 8.83. The van der Waals surface area contributed by atoms with Gasteiger partial charge in [-0.2, -0.15) is 0 Å². The van der Waals surface area contributed by atoms with Gasteiger partial charge in [0.25, 0.3) is 5.91 Å². The van der Waals surface area contributed by atoms with Gasteiger partial charge >= 0.3 is 0 Å². The number of carbonyl (C=O) groups is 1. The van der Waals surface area contributed by atoms with Gasteiger partial charge in [0.1, 0.15) is 0 Å². The van der Waals surface area contributed by atoms with Crippen LogP contribution in [-0.4, -0.2) is 27.1 Å². The van der Waals surface area contributed by atoms with E-state index in [1.165, 1.54) is 5.56 Å². The Bertz CT molecular complexity index is 999. The molecular weight excluding hydrogens is 338 g/mol. The summed E-state index contributed by atoms with van der Waals surface area (Å²) in [5.41, 5.74) is 5.97. The second-order valence-corrected chi connectivity index (χ2v) is 7.43. The second-order valence-electron chi connectivity index (χ2n) is 7.43. The second kappa shape index (κ2) is 6.72. The van der Waals surface area contributed by atoms with Gasteiger partial charge in [-0.05, 0) is 58.2 Å². The first-order chi connectivity index (χ1) is 13.0. The third-order valence-electron chi connectivity index (χ3n) is 5.51. The average molecular weight is 363 g/mol. The van der Waals surface area contributed by atoms with Crippen LogP contribution in [-0.2, 0) is 0 Å². The van der Waals surface area contributed by atoms with E-state index in [4.69, 9.17) is 4.52 Å². The smallest absolute Gasteiger partial charge is 0.256 e. The molecule has 1 aliphatic heterocycles. The van der Waals surface area contributed by atoms with Crippen molar-refractivity contribution in [2.24, 2.45) is 0 Å². The van der Waals surface area contributed by atoms with Crippen LogP contribution in [0.3, 0.4) is 0 Å². The highest BCUT2D eigenvalue weighted by Gasteiger charge is 2.34. The van der Waals surface area contributed by atoms with Crippen molar-refractivity contribution in [3.8, 4) is 5.69 Å². The van der Waals surface area contributed by atoms with E-state index in [1.54, 1.807) is 0 Å². The minimum Gasteiger partial charge on any atom is -0.359 e. The lowest BCUT2D eigenvalue weighted by Gasteiger charge is -2.23. The first-order valence-electron chi connectivity index (χ1n) is 9.46. The minimum absolute atomic E-state index is 0.0276. The standard InChI is InChI=1S/C22H25N3O2/c1-14-8-5-6-9-19(14)25-16(3)13-18(17(25)4)22(26)24-11-7-10-20(24)21-12-15(2)23-27-21/h5-6,8-9,12-13,20H,7,10-11H2,1-4H3. The van der Waals surface area contributed by atoms with Gasteiger partial charge in [0.05, 0.1) is 17.3 Å². The van der Waals surface area contributed by atoms with Crippen molar-refractivity contribution in [3.05, 3.63) is 70.4 Å². The Morgan fingerprint density at radius 3 is 2.63 bits per heavy atom. The molecular formula is C22H25N3O2. The van der Waals surface area contributed by atoms with Crippen molar-refractivity contribution in [2.75, 3.05) is 6.54 Å². The number of hydrogen-bond donors (Lipinski definition) is 0. The third-order valence-corrected chi connectivity index (χ3v) is 5.51. The fourth-order valence-electron chi connectivity index (χ4n) is 4.16. The number of aryl methyl sites for hydroxylation is 3. The van der Waals surface area contributed by atoms with Crippen molar-refractivity contribution >= 4 is 5.91 Å². The third kappa shape index (κ3) is 2.97. The van der Waals surface area contributed by atoms with Crippen molar-refractivity contribution in [2.45, 2.75) is 46.6 Å². The van der Waals surface area contributed by atoms with Crippen LogP contribution in [0.5, 0.6) is 0 Å². The first kappa shape index (κ1) is 17.6. The van der Waals surface area contributed by atoms with Crippen LogP contribution < -0.4 is 0 Å². The van der Waals surface area contributed by atoms with Crippen LogP contribution >= 0.6 is 0 Å². The monoisotopic (exact) mass is 363 g/mol. The molecule has 1 saturated heterocycles. The van der Waals surface area contributed by atoms with Gasteiger partial charge in [-0.25, -0.2) is 0 Å². The van der Waals surface area contributed by atoms with Crippen molar-refractivity contribution in [1.82, 2.24) is 14.6 Å². The van der Waals surface area contributed by atoms with Crippen LogP contribution in [0.2, 0.25) is 0 Å². The molecule has 5 nitrogen and oxygen atoms in total. The zero-order chi connectivity index (χ0) is 19.1. The SMILES string of the molecule is Cc1cc(C2CCCN2C(=O)c2cc(C)n(-c3ccccc3C)c2C)on1. The number of rotatable bonds is 3. The van der Waals surface area contributed by atoms with E-state index < -0.39 is 0 Å². The molecule has 3 heterocycles. The zero-order valence-electron chi connectivity index (χ0n) is 16.3. The molecule has 0 bridgehead atoms. The molecule has 0 aliphatic carbocycles. The van der Waals surface area contributed by atoms with E-state index in [9.17, 15) is 4.79 Å². The Kier molecular flexibility index (Phi) is 4.38. The molecule has 27 heavy (non-hydrogen) atoms. The van der Waals surface area contributed by atoms with E-state index in [0.717, 1.165) is 53.5 Å². The molecule has 2 aromatic heterocycles. The first-order valence-corrected chi connectivity index (χ1v) is 9.46. The van der Waals surface area contributed by atoms with Gasteiger partial charge < -0.3 is 14.0 Å². The molecule has 0 saturated carbocycles. The summed E-state index contributed by atoms with van der Waals surface area (Å²) in [6.07, 6.45) is 1.89. The summed E-state index contributed by atoms with van der Waals surface area (Å²) in [7, 11) is 0. The van der Waals surface area contributed by atoms with Crippen LogP contribution in [0.1, 0.15) is 57.6 Å². The molecule has 0 N–H and O–H groups in total. The maximum Gasteiger partial charge on any atom is 0.256 e. The molecule has 3 aromatic rings. The Hall–Kier alpha value is -2.82. The molecule has 4 rings (SSSR count). The molecule has 1 aliphatic rings. The number of carbonyl (C=O) groups excluding carboxylic acids is 1. The van der Waals surface area contributed by atoms with Gasteiger partial charge in [-0.15, -0.1) is 0 Å². The fraction of sp³-hybridized carbons (Fsp3) is 0.364. The summed E-state index contributed by atoms with van der Waals surface area (Å²) in [5, 5.41) is 4.00. The normalized spacial score (nSPS) is 16.9. The topological polar surface area (TPSA) is 51.3 Å². The van der Waals surface area contributed by atoms with Gasteiger partial charge in [0.15, 0.2) is 5.76 Å². The zero-order valence-corrected chi connectivity index (χ0v) is 16.3. The molecule has 140 valence electrons. The molecule has 1 aromatic carbocycles. The van der Waals surface area contributed by atoms with E-state index in [1.807, 2.05) is 43.0 Å². The summed E-state index contributed by atoms with van der Waals surface area (Å²) in [4.78, 5) is 15.3. The number of amides is 1. The lowest BCUT2D eigenvalue weighted by atomic mass is 10.1. The Morgan fingerprint density at radius 2 is 1.93 bits per heavy atom. The Morgan fingerprint density at radius 1 is 1.15 bits per heavy atom. The van der Waals surface area contributed by atoms with E-state index in [-0.39, 0.29) is 11.9 Å². The molecule has 0 spiro atoms. The highest BCUT2D eigenvalue weighted by atomic mass is 16.5. The van der Waals surface area contributed by atoms with Gasteiger partial charge in [0, 0.05) is 29.7 Å². The number of hydrogen-bond acceptors (Lipinski definition) is 3. The van der Waals surface area contributed by atoms with Crippen LogP contribution in [0.4, 0.5) is 0 Å². The largest absolute Gasteiger partial charge is 0.359 e. The maximum absolute atomic E-state index is 13.4. The fourth-order valence-corrected chi connectivity index (χ4v) is 4.16. The molecule has 1 fully saturated rings.